The molecule has 0 saturated carbocycles. The summed E-state index contributed by atoms with van der Waals surface area (Å²) in [4.78, 5) is 12.3. The third-order valence-corrected chi connectivity index (χ3v) is 4.11. The van der Waals surface area contributed by atoms with Crippen LogP contribution in [-0.2, 0) is 14.3 Å². The third-order valence-electron chi connectivity index (χ3n) is 4.11. The summed E-state index contributed by atoms with van der Waals surface area (Å²) in [6, 6.07) is 3.35. The Balaban J connectivity index is 1.96. The van der Waals surface area contributed by atoms with Crippen LogP contribution in [0, 0.1) is 0 Å². The number of nitrogens with one attached hydrogen (secondary N) is 1. The standard InChI is InChI=1S/C18H27NO6/c1-12(25-11-14-7-5-6-8-24-14)18(20)19-13-9-15(21-2)17(23-4)16(10-13)22-3/h9-10,12,14H,5-8,11H2,1-4H3,(H,19,20). The molecule has 0 bridgehead atoms. The maximum atomic E-state index is 12.3. The summed E-state index contributed by atoms with van der Waals surface area (Å²) < 4.78 is 27.1. The number of methoxy groups -OCH3 is 3. The van der Waals surface area contributed by atoms with Gasteiger partial charge in [-0.2, -0.15) is 0 Å². The van der Waals surface area contributed by atoms with E-state index in [0.29, 0.717) is 29.5 Å². The number of ether oxygens (including phenoxy) is 5. The summed E-state index contributed by atoms with van der Waals surface area (Å²) in [5.41, 5.74) is 0.545. The van der Waals surface area contributed by atoms with Crippen LogP contribution in [0.3, 0.4) is 0 Å². The van der Waals surface area contributed by atoms with E-state index in [0.717, 1.165) is 25.9 Å². The zero-order chi connectivity index (χ0) is 18.2. The number of amides is 1. The minimum atomic E-state index is -0.593. The Bertz CT molecular complexity index is 546. The fourth-order valence-electron chi connectivity index (χ4n) is 2.66. The molecule has 0 aromatic heterocycles. The van der Waals surface area contributed by atoms with Crippen molar-refractivity contribution >= 4 is 11.6 Å². The second kappa shape index (κ2) is 9.48. The normalized spacial score (nSPS) is 18.3. The van der Waals surface area contributed by atoms with E-state index in [-0.39, 0.29) is 12.0 Å². The molecule has 1 saturated heterocycles. The average molecular weight is 353 g/mol. The first-order chi connectivity index (χ1) is 12.1. The van der Waals surface area contributed by atoms with E-state index in [2.05, 4.69) is 5.32 Å². The van der Waals surface area contributed by atoms with Gasteiger partial charge in [0.2, 0.25) is 5.75 Å². The minimum absolute atomic E-state index is 0.0742. The summed E-state index contributed by atoms with van der Waals surface area (Å²) in [6.45, 7) is 2.90. The van der Waals surface area contributed by atoms with Gasteiger partial charge in [0, 0.05) is 24.4 Å². The molecule has 2 unspecified atom stereocenters. The molecule has 140 valence electrons. The lowest BCUT2D eigenvalue weighted by atomic mass is 10.1. The molecular formula is C18H27NO6. The van der Waals surface area contributed by atoms with Crippen molar-refractivity contribution in [1.29, 1.82) is 0 Å². The van der Waals surface area contributed by atoms with Gasteiger partial charge in [-0.05, 0) is 26.2 Å². The molecule has 7 nitrogen and oxygen atoms in total. The lowest BCUT2D eigenvalue weighted by molar-refractivity contribution is -0.130. The van der Waals surface area contributed by atoms with Crippen molar-refractivity contribution in [2.75, 3.05) is 39.9 Å². The lowest BCUT2D eigenvalue weighted by Crippen LogP contribution is -2.32. The third kappa shape index (κ3) is 5.24. The van der Waals surface area contributed by atoms with Crippen LogP contribution < -0.4 is 19.5 Å². The highest BCUT2D eigenvalue weighted by Gasteiger charge is 2.20. The molecule has 0 radical (unpaired) electrons. The molecule has 1 aromatic carbocycles. The molecule has 1 fully saturated rings. The van der Waals surface area contributed by atoms with E-state index < -0.39 is 6.10 Å². The van der Waals surface area contributed by atoms with E-state index in [1.807, 2.05) is 0 Å². The van der Waals surface area contributed by atoms with Crippen LogP contribution >= 0.6 is 0 Å². The predicted octanol–water partition coefficient (Wildman–Crippen LogP) is 2.63. The van der Waals surface area contributed by atoms with Gasteiger partial charge in [-0.1, -0.05) is 0 Å². The minimum Gasteiger partial charge on any atom is -0.493 e. The number of hydrogen-bond acceptors (Lipinski definition) is 6. The Morgan fingerprint density at radius 2 is 1.88 bits per heavy atom. The first kappa shape index (κ1) is 19.3. The van der Waals surface area contributed by atoms with Gasteiger partial charge in [0.15, 0.2) is 11.5 Å². The Labute approximate surface area is 148 Å². The van der Waals surface area contributed by atoms with Crippen LogP contribution in [-0.4, -0.2) is 52.7 Å². The van der Waals surface area contributed by atoms with E-state index in [4.69, 9.17) is 23.7 Å². The first-order valence-corrected chi connectivity index (χ1v) is 8.43. The van der Waals surface area contributed by atoms with E-state index in [1.165, 1.54) is 21.3 Å². The fourth-order valence-corrected chi connectivity index (χ4v) is 2.66. The maximum Gasteiger partial charge on any atom is 0.253 e. The van der Waals surface area contributed by atoms with Crippen molar-refractivity contribution in [3.63, 3.8) is 0 Å². The maximum absolute atomic E-state index is 12.3. The van der Waals surface area contributed by atoms with Gasteiger partial charge in [-0.3, -0.25) is 4.79 Å². The van der Waals surface area contributed by atoms with Gasteiger partial charge < -0.3 is 29.0 Å². The van der Waals surface area contributed by atoms with Crippen molar-refractivity contribution in [3.05, 3.63) is 12.1 Å². The van der Waals surface area contributed by atoms with Crippen LogP contribution in [0.15, 0.2) is 12.1 Å². The molecule has 2 atom stereocenters. The number of benzene rings is 1. The molecular weight excluding hydrogens is 326 g/mol. The van der Waals surface area contributed by atoms with E-state index in [1.54, 1.807) is 19.1 Å². The first-order valence-electron chi connectivity index (χ1n) is 8.43. The number of carbonyl (C=O) groups is 1. The number of rotatable bonds is 8. The fraction of sp³-hybridized carbons (Fsp3) is 0.611. The molecule has 1 aromatic rings. The molecule has 25 heavy (non-hydrogen) atoms. The van der Waals surface area contributed by atoms with Crippen LogP contribution in [0.25, 0.3) is 0 Å². The van der Waals surface area contributed by atoms with Gasteiger partial charge in [0.25, 0.3) is 5.91 Å². The van der Waals surface area contributed by atoms with Gasteiger partial charge in [0.1, 0.15) is 6.10 Å². The van der Waals surface area contributed by atoms with Crippen molar-refractivity contribution < 1.29 is 28.5 Å². The predicted molar refractivity (Wildman–Crippen MR) is 93.7 cm³/mol. The largest absolute Gasteiger partial charge is 0.493 e. The van der Waals surface area contributed by atoms with Crippen molar-refractivity contribution in [3.8, 4) is 17.2 Å². The molecule has 0 spiro atoms. The van der Waals surface area contributed by atoms with Crippen molar-refractivity contribution in [2.45, 2.75) is 38.4 Å². The number of anilines is 1. The molecule has 1 N–H and O–H groups in total. The molecule has 1 heterocycles. The Morgan fingerprint density at radius 1 is 1.20 bits per heavy atom. The quantitative estimate of drug-likeness (QED) is 0.774. The van der Waals surface area contributed by atoms with Gasteiger partial charge in [-0.15, -0.1) is 0 Å². The van der Waals surface area contributed by atoms with Crippen molar-refractivity contribution in [2.24, 2.45) is 0 Å². The smallest absolute Gasteiger partial charge is 0.253 e. The van der Waals surface area contributed by atoms with Gasteiger partial charge >= 0.3 is 0 Å². The number of hydrogen-bond donors (Lipinski definition) is 1. The second-order valence-corrected chi connectivity index (χ2v) is 5.87. The summed E-state index contributed by atoms with van der Waals surface area (Å²) in [5, 5.41) is 2.81. The lowest BCUT2D eigenvalue weighted by Gasteiger charge is -2.24. The van der Waals surface area contributed by atoms with E-state index in [9.17, 15) is 4.79 Å². The topological polar surface area (TPSA) is 75.3 Å². The molecule has 1 aliphatic rings. The Kier molecular flexibility index (Phi) is 7.33. The average Bonchev–Trinajstić information content (AvgIpc) is 2.65. The van der Waals surface area contributed by atoms with Crippen LogP contribution in [0.5, 0.6) is 17.2 Å². The van der Waals surface area contributed by atoms with Gasteiger partial charge in [-0.25, -0.2) is 0 Å². The van der Waals surface area contributed by atoms with Crippen LogP contribution in [0.1, 0.15) is 26.2 Å². The Morgan fingerprint density at radius 3 is 2.40 bits per heavy atom. The molecule has 1 aliphatic heterocycles. The van der Waals surface area contributed by atoms with Gasteiger partial charge in [0.05, 0.1) is 34.0 Å². The second-order valence-electron chi connectivity index (χ2n) is 5.87. The summed E-state index contributed by atoms with van der Waals surface area (Å²) in [6.07, 6.45) is 2.68. The van der Waals surface area contributed by atoms with Crippen molar-refractivity contribution in [1.82, 2.24) is 0 Å². The zero-order valence-corrected chi connectivity index (χ0v) is 15.3. The van der Waals surface area contributed by atoms with Crippen LogP contribution in [0.2, 0.25) is 0 Å². The zero-order valence-electron chi connectivity index (χ0n) is 15.3. The highest BCUT2D eigenvalue weighted by Crippen LogP contribution is 2.39. The molecule has 2 rings (SSSR count). The molecule has 7 heteroatoms. The van der Waals surface area contributed by atoms with Crippen LogP contribution in [0.4, 0.5) is 5.69 Å². The highest BCUT2D eigenvalue weighted by molar-refractivity contribution is 5.94. The summed E-state index contributed by atoms with van der Waals surface area (Å²) >= 11 is 0. The molecule has 1 amide bonds. The summed E-state index contributed by atoms with van der Waals surface area (Å²) in [7, 11) is 4.58. The SMILES string of the molecule is COc1cc(NC(=O)C(C)OCC2CCCCO2)cc(OC)c1OC. The van der Waals surface area contributed by atoms with E-state index >= 15 is 0 Å². The highest BCUT2D eigenvalue weighted by atomic mass is 16.5. The number of carbonyl (C=O) groups excluding carboxylic acids is 1. The Hall–Kier alpha value is -1.99. The summed E-state index contributed by atoms with van der Waals surface area (Å²) in [5.74, 6) is 1.18. The molecule has 0 aliphatic carbocycles. The monoisotopic (exact) mass is 353 g/mol.